The summed E-state index contributed by atoms with van der Waals surface area (Å²) in [5, 5.41) is 14.8. The van der Waals surface area contributed by atoms with E-state index in [0.717, 1.165) is 24.0 Å². The quantitative estimate of drug-likeness (QED) is 0.524. The third-order valence-corrected chi connectivity index (χ3v) is 7.54. The van der Waals surface area contributed by atoms with Crippen LogP contribution in [-0.4, -0.2) is 41.8 Å². The number of carboxylic acid groups (broad SMARTS) is 1. The maximum Gasteiger partial charge on any atom is 0.407 e. The highest BCUT2D eigenvalue weighted by Crippen LogP contribution is 2.45. The first-order valence-electron chi connectivity index (χ1n) is 12.0. The van der Waals surface area contributed by atoms with E-state index in [1.54, 1.807) is 0 Å². The Morgan fingerprint density at radius 1 is 1.03 bits per heavy atom. The summed E-state index contributed by atoms with van der Waals surface area (Å²) in [6.45, 7) is 2.48. The van der Waals surface area contributed by atoms with Crippen LogP contribution in [0.2, 0.25) is 0 Å². The third-order valence-electron chi connectivity index (χ3n) is 7.54. The average Bonchev–Trinajstić information content (AvgIpc) is 3.72. The summed E-state index contributed by atoms with van der Waals surface area (Å²) < 4.78 is 5.70. The molecule has 2 fully saturated rings. The lowest BCUT2D eigenvalue weighted by molar-refractivity contribution is -0.139. The topological polar surface area (TPSA) is 105 Å². The van der Waals surface area contributed by atoms with Crippen LogP contribution in [0.4, 0.5) is 4.79 Å². The Morgan fingerprint density at radius 3 is 2.21 bits per heavy atom. The number of fused-ring (bicyclic) bond motifs is 3. The van der Waals surface area contributed by atoms with Crippen molar-refractivity contribution < 1.29 is 24.2 Å². The van der Waals surface area contributed by atoms with Gasteiger partial charge in [-0.25, -0.2) is 4.79 Å². The van der Waals surface area contributed by atoms with Crippen LogP contribution in [0.3, 0.4) is 0 Å². The lowest BCUT2D eigenvalue weighted by Gasteiger charge is -2.30. The fourth-order valence-corrected chi connectivity index (χ4v) is 5.30. The van der Waals surface area contributed by atoms with E-state index in [1.165, 1.54) is 11.1 Å². The van der Waals surface area contributed by atoms with Gasteiger partial charge in [0.25, 0.3) is 0 Å². The fraction of sp³-hybridized carbons (Fsp3) is 0.444. The molecule has 0 aromatic heterocycles. The number of amides is 2. The smallest absolute Gasteiger partial charge is 0.407 e. The molecule has 3 aliphatic carbocycles. The second-order valence-corrected chi connectivity index (χ2v) is 10.1. The molecule has 178 valence electrons. The standard InChI is InChI=1S/C27H30N2O5/c1-27(17-10-11-17,13-24(30)28-14-16-12-22(16)25(31)32)29-26(33)34-15-23-20-8-4-2-6-18(20)19-7-3-5-9-21(19)23/h2-9,16-17,22-23H,10-15H2,1H3,(H,28,30)(H,29,33)(H,31,32). The van der Waals surface area contributed by atoms with Crippen molar-refractivity contribution >= 4 is 18.0 Å². The molecule has 2 aromatic rings. The lowest BCUT2D eigenvalue weighted by Crippen LogP contribution is -2.51. The van der Waals surface area contributed by atoms with Crippen molar-refractivity contribution in [2.75, 3.05) is 13.2 Å². The highest BCUT2D eigenvalue weighted by Gasteiger charge is 2.46. The summed E-state index contributed by atoms with van der Waals surface area (Å²) >= 11 is 0. The molecule has 3 N–H and O–H groups in total. The van der Waals surface area contributed by atoms with E-state index < -0.39 is 17.6 Å². The van der Waals surface area contributed by atoms with Gasteiger partial charge in [-0.1, -0.05) is 48.5 Å². The Hall–Kier alpha value is -3.35. The molecule has 0 aliphatic heterocycles. The SMILES string of the molecule is CC(CC(=O)NCC1CC1C(=O)O)(NC(=O)OCC1c2ccccc2-c2ccccc21)C1CC1. The number of carbonyl (C=O) groups is 3. The molecule has 3 aliphatic rings. The summed E-state index contributed by atoms with van der Waals surface area (Å²) in [7, 11) is 0. The zero-order valence-corrected chi connectivity index (χ0v) is 19.3. The number of benzene rings is 2. The zero-order valence-electron chi connectivity index (χ0n) is 19.3. The van der Waals surface area contributed by atoms with E-state index in [0.29, 0.717) is 13.0 Å². The van der Waals surface area contributed by atoms with Crippen LogP contribution in [0.25, 0.3) is 11.1 Å². The number of hydrogen-bond donors (Lipinski definition) is 3. The van der Waals surface area contributed by atoms with Gasteiger partial charge in [0, 0.05) is 18.9 Å². The molecule has 0 radical (unpaired) electrons. The van der Waals surface area contributed by atoms with E-state index in [1.807, 2.05) is 31.2 Å². The van der Waals surface area contributed by atoms with Gasteiger partial charge in [0.15, 0.2) is 0 Å². The summed E-state index contributed by atoms with van der Waals surface area (Å²) in [5.41, 5.74) is 3.96. The monoisotopic (exact) mass is 462 g/mol. The van der Waals surface area contributed by atoms with E-state index in [2.05, 4.69) is 34.9 Å². The maximum absolute atomic E-state index is 12.8. The van der Waals surface area contributed by atoms with Crippen LogP contribution in [0.5, 0.6) is 0 Å². The summed E-state index contributed by atoms with van der Waals surface area (Å²) in [6, 6.07) is 16.4. The normalized spacial score (nSPS) is 22.1. The summed E-state index contributed by atoms with van der Waals surface area (Å²) in [4.78, 5) is 36.4. The Bertz CT molecular complexity index is 1080. The van der Waals surface area contributed by atoms with Gasteiger partial charge in [-0.05, 0) is 60.3 Å². The summed E-state index contributed by atoms with van der Waals surface area (Å²) in [5.74, 6) is -1.12. The minimum atomic E-state index is -0.806. The predicted octanol–water partition coefficient (Wildman–Crippen LogP) is 3.92. The van der Waals surface area contributed by atoms with Gasteiger partial charge >= 0.3 is 12.1 Å². The van der Waals surface area contributed by atoms with E-state index in [9.17, 15) is 14.4 Å². The fourth-order valence-electron chi connectivity index (χ4n) is 5.30. The van der Waals surface area contributed by atoms with Crippen LogP contribution in [0.1, 0.15) is 49.7 Å². The van der Waals surface area contributed by atoms with Gasteiger partial charge in [-0.15, -0.1) is 0 Å². The van der Waals surface area contributed by atoms with Crippen molar-refractivity contribution in [2.24, 2.45) is 17.8 Å². The van der Waals surface area contributed by atoms with Crippen LogP contribution in [-0.2, 0) is 14.3 Å². The van der Waals surface area contributed by atoms with E-state index in [4.69, 9.17) is 9.84 Å². The minimum Gasteiger partial charge on any atom is -0.481 e. The van der Waals surface area contributed by atoms with Gasteiger partial charge in [0.2, 0.25) is 5.91 Å². The van der Waals surface area contributed by atoms with Gasteiger partial charge in [0.1, 0.15) is 6.61 Å². The molecule has 0 spiro atoms. The molecule has 5 rings (SSSR count). The molecule has 0 heterocycles. The second-order valence-electron chi connectivity index (χ2n) is 10.1. The molecule has 2 amide bonds. The van der Waals surface area contributed by atoms with Crippen molar-refractivity contribution in [1.82, 2.24) is 10.6 Å². The molecule has 3 atom stereocenters. The highest BCUT2D eigenvalue weighted by atomic mass is 16.5. The molecule has 2 saturated carbocycles. The molecule has 7 nitrogen and oxygen atoms in total. The molecule has 0 bridgehead atoms. The predicted molar refractivity (Wildman–Crippen MR) is 126 cm³/mol. The Kier molecular flexibility index (Phi) is 5.80. The molecular weight excluding hydrogens is 432 g/mol. The lowest BCUT2D eigenvalue weighted by atomic mass is 9.91. The van der Waals surface area contributed by atoms with Crippen LogP contribution < -0.4 is 10.6 Å². The minimum absolute atomic E-state index is 0.00345. The summed E-state index contributed by atoms with van der Waals surface area (Å²) in [6.07, 6.45) is 2.14. The van der Waals surface area contributed by atoms with Crippen molar-refractivity contribution in [3.63, 3.8) is 0 Å². The Balaban J connectivity index is 1.18. The number of carbonyl (C=O) groups excluding carboxylic acids is 2. The van der Waals surface area contributed by atoms with Crippen LogP contribution in [0, 0.1) is 17.8 Å². The van der Waals surface area contributed by atoms with Crippen LogP contribution in [0.15, 0.2) is 48.5 Å². The number of carboxylic acids is 1. The molecule has 7 heteroatoms. The van der Waals surface area contributed by atoms with E-state index in [-0.39, 0.29) is 42.6 Å². The number of hydrogen-bond acceptors (Lipinski definition) is 4. The van der Waals surface area contributed by atoms with Gasteiger partial charge < -0.3 is 20.5 Å². The molecular formula is C27H30N2O5. The van der Waals surface area contributed by atoms with Crippen molar-refractivity contribution in [1.29, 1.82) is 0 Å². The first-order valence-corrected chi connectivity index (χ1v) is 12.0. The van der Waals surface area contributed by atoms with Crippen molar-refractivity contribution in [3.8, 4) is 11.1 Å². The number of nitrogens with one attached hydrogen (secondary N) is 2. The van der Waals surface area contributed by atoms with E-state index >= 15 is 0 Å². The van der Waals surface area contributed by atoms with Crippen LogP contribution >= 0.6 is 0 Å². The second kappa shape index (κ2) is 8.78. The number of rotatable bonds is 9. The maximum atomic E-state index is 12.8. The molecule has 0 saturated heterocycles. The first-order chi connectivity index (χ1) is 16.4. The number of alkyl carbamates (subject to hydrolysis) is 1. The first kappa shape index (κ1) is 22.4. The Labute approximate surface area is 198 Å². The molecule has 2 aromatic carbocycles. The van der Waals surface area contributed by atoms with Gasteiger partial charge in [0.05, 0.1) is 11.5 Å². The molecule has 34 heavy (non-hydrogen) atoms. The largest absolute Gasteiger partial charge is 0.481 e. The van der Waals surface area contributed by atoms with Crippen molar-refractivity contribution in [2.45, 2.75) is 44.1 Å². The molecule has 3 unspecified atom stereocenters. The number of ether oxygens (including phenoxy) is 1. The average molecular weight is 463 g/mol. The Morgan fingerprint density at radius 2 is 1.65 bits per heavy atom. The third kappa shape index (κ3) is 4.52. The van der Waals surface area contributed by atoms with Gasteiger partial charge in [-0.3, -0.25) is 9.59 Å². The zero-order chi connectivity index (χ0) is 23.9. The van der Waals surface area contributed by atoms with Crippen molar-refractivity contribution in [3.05, 3.63) is 59.7 Å². The van der Waals surface area contributed by atoms with Gasteiger partial charge in [-0.2, -0.15) is 0 Å². The highest BCUT2D eigenvalue weighted by molar-refractivity contribution is 5.80. The number of aliphatic carboxylic acids is 1.